The van der Waals surface area contributed by atoms with Gasteiger partial charge in [0.05, 0.1) is 11.9 Å². The lowest BCUT2D eigenvalue weighted by molar-refractivity contribution is -0.218. The number of Topliss-reactive ketones (excluding diaryl/α,β-unsaturated/α-hetero) is 1. The Morgan fingerprint density at radius 2 is 0.957 bits per heavy atom. The highest BCUT2D eigenvalue weighted by molar-refractivity contribution is 7.99. The number of carbonyl (C=O) groups is 11. The maximum Gasteiger partial charge on any atom is 0.243 e. The molecule has 9 amide bonds. The molecule has 3 fully saturated rings. The largest absolute Gasteiger partial charge is 0.396 e. The van der Waals surface area contributed by atoms with Gasteiger partial charge in [-0.05, 0) is 132 Å². The summed E-state index contributed by atoms with van der Waals surface area (Å²) in [5, 5.41) is 84.3. The highest BCUT2D eigenvalue weighted by Crippen LogP contribution is 2.70. The van der Waals surface area contributed by atoms with Crippen molar-refractivity contribution in [2.75, 3.05) is 37.9 Å². The molecule has 0 aliphatic heterocycles. The number of aliphatic hydroxyl groups is 6. The number of carbonyl (C=O) groups excluding carboxylic acids is 11. The van der Waals surface area contributed by atoms with E-state index in [-0.39, 0.29) is 105 Å². The van der Waals surface area contributed by atoms with Crippen LogP contribution in [0.2, 0.25) is 0 Å². The van der Waals surface area contributed by atoms with E-state index in [0.29, 0.717) is 24.8 Å². The molecule has 16 atom stereocenters. The summed E-state index contributed by atoms with van der Waals surface area (Å²) in [4.78, 5) is 149. The Morgan fingerprint density at radius 3 is 1.34 bits per heavy atom. The van der Waals surface area contributed by atoms with Gasteiger partial charge in [0.15, 0.2) is 17.2 Å². The molecule has 0 aromatic rings. The van der Waals surface area contributed by atoms with Crippen molar-refractivity contribution in [2.45, 2.75) is 225 Å². The van der Waals surface area contributed by atoms with Gasteiger partial charge in [0.2, 0.25) is 53.2 Å². The van der Waals surface area contributed by atoms with E-state index in [2.05, 4.69) is 42.5 Å². The average Bonchev–Trinajstić information content (AvgIpc) is 1.63. The highest BCUT2D eigenvalue weighted by atomic mass is 32.2. The molecule has 26 nitrogen and oxygen atoms in total. The van der Waals surface area contributed by atoms with Gasteiger partial charge in [-0.15, -0.1) is 0 Å². The van der Waals surface area contributed by atoms with Crippen LogP contribution >= 0.6 is 11.8 Å². The number of primary amides is 1. The minimum Gasteiger partial charge on any atom is -0.396 e. The van der Waals surface area contributed by atoms with Gasteiger partial charge in [0.1, 0.15) is 53.9 Å². The number of aliphatic hydroxyl groups excluding tert-OH is 5. The third-order valence-corrected chi connectivity index (χ3v) is 19.9. The Hall–Kier alpha value is -5.91. The van der Waals surface area contributed by atoms with Gasteiger partial charge in [-0.3, -0.25) is 52.7 Å². The summed E-state index contributed by atoms with van der Waals surface area (Å²) in [6, 6.07) is -10.8. The first-order chi connectivity index (χ1) is 43.5. The van der Waals surface area contributed by atoms with E-state index in [9.17, 15) is 83.4 Å². The number of nitrogens with two attached hydrogens (primary N) is 1. The number of nitrogens with one attached hydrogen (secondary N) is 8. The zero-order valence-corrected chi connectivity index (χ0v) is 56.8. The Labute approximate surface area is 549 Å². The molecule has 16 N–H and O–H groups in total. The minimum atomic E-state index is -2.14. The molecule has 0 bridgehead atoms. The quantitative estimate of drug-likeness (QED) is 0.0365. The number of ketones is 2. The number of amides is 9. The zero-order chi connectivity index (χ0) is 70.1. The molecule has 3 saturated carbocycles. The molecule has 0 unspecified atom stereocenters. The van der Waals surface area contributed by atoms with Gasteiger partial charge in [0.25, 0.3) is 0 Å². The van der Waals surface area contributed by atoms with Gasteiger partial charge in [0, 0.05) is 55.3 Å². The van der Waals surface area contributed by atoms with Gasteiger partial charge in [-0.25, -0.2) is 4.39 Å². The van der Waals surface area contributed by atoms with Crippen molar-refractivity contribution in [2.24, 2.45) is 58.0 Å². The predicted molar refractivity (Wildman–Crippen MR) is 344 cm³/mol. The summed E-state index contributed by atoms with van der Waals surface area (Å²) in [6.45, 7) is 17.0. The lowest BCUT2D eigenvalue weighted by atomic mass is 9.44. The molecule has 0 aromatic heterocycles. The number of hydrogen-bond acceptors (Lipinski definition) is 18. The average molecular weight is 1340 g/mol. The summed E-state index contributed by atoms with van der Waals surface area (Å²) in [7, 11) is 0. The zero-order valence-electron chi connectivity index (χ0n) is 55.9. The lowest BCUT2D eigenvalue weighted by Gasteiger charge is -2.62. The van der Waals surface area contributed by atoms with Crippen molar-refractivity contribution < 1.29 is 87.8 Å². The van der Waals surface area contributed by atoms with E-state index in [0.717, 1.165) is 11.8 Å². The van der Waals surface area contributed by atoms with E-state index in [4.69, 9.17) is 5.73 Å². The van der Waals surface area contributed by atoms with Crippen LogP contribution in [0.1, 0.15) is 160 Å². The molecular weight excluding hydrogens is 1230 g/mol. The molecule has 526 valence electrons. The normalized spacial score (nSPS) is 26.6. The molecule has 0 aromatic carbocycles. The summed E-state index contributed by atoms with van der Waals surface area (Å²) in [6.07, 6.45) is 2.47. The van der Waals surface area contributed by atoms with Crippen LogP contribution < -0.4 is 48.3 Å². The number of halogens is 1. The minimum absolute atomic E-state index is 0.00824. The van der Waals surface area contributed by atoms with Crippen molar-refractivity contribution in [3.8, 4) is 0 Å². The fourth-order valence-electron chi connectivity index (χ4n) is 14.2. The molecule has 93 heavy (non-hydrogen) atoms. The number of thioether (sulfide) groups is 1. The fourth-order valence-corrected chi connectivity index (χ4v) is 15.1. The molecule has 0 radical (unpaired) electrons. The third kappa shape index (κ3) is 19.9. The molecular formula is C65H106FN9O17S. The number of alkyl halides is 1. The predicted octanol–water partition coefficient (Wildman–Crippen LogP) is 0.104. The molecule has 0 saturated heterocycles. The number of allylic oxidation sites excluding steroid dienone is 4. The lowest BCUT2D eigenvalue weighted by Crippen LogP contribution is -2.69. The summed E-state index contributed by atoms with van der Waals surface area (Å²) in [5.41, 5.74) is -0.486. The maximum atomic E-state index is 17.7. The number of fused-ring (bicyclic) bond motifs is 5. The van der Waals surface area contributed by atoms with Crippen LogP contribution in [0.15, 0.2) is 23.8 Å². The summed E-state index contributed by atoms with van der Waals surface area (Å²) in [5.74, 6) is -11.0. The highest BCUT2D eigenvalue weighted by Gasteiger charge is 2.75. The Morgan fingerprint density at radius 1 is 0.591 bits per heavy atom. The van der Waals surface area contributed by atoms with Crippen LogP contribution in [0, 0.1) is 52.3 Å². The van der Waals surface area contributed by atoms with Crippen LogP contribution in [-0.2, 0) is 52.7 Å². The van der Waals surface area contributed by atoms with Gasteiger partial charge in [-0.1, -0.05) is 80.9 Å². The first-order valence-electron chi connectivity index (χ1n) is 32.8. The van der Waals surface area contributed by atoms with Gasteiger partial charge in [-0.2, -0.15) is 11.8 Å². The second kappa shape index (κ2) is 35.2. The SMILES string of the molecule is CC(C)C[C@H](NC(=O)CCSCC(=O)[C@@]1(O)[C@H](C)C[C@H]2[C@@H]3CCC4=CC(=O)C=C[C@]4(C)[C@@]3(F)[C@@H](O)C[C@@]21C)C(=O)N[C@@H](CCO)C(=O)N[C@@H](CC(C)C)C(=O)N[C@@H](CCO)C(=O)N[C@@H](CC(C)C)C(=O)N[C@@H](CCO)C(=O)N[C@@H](CC(C)C)C(=O)N[C@@H](CCO)C(N)=O. The van der Waals surface area contributed by atoms with Crippen molar-refractivity contribution in [3.05, 3.63) is 23.8 Å². The van der Waals surface area contributed by atoms with Crippen molar-refractivity contribution >= 4 is 76.5 Å². The van der Waals surface area contributed by atoms with Crippen molar-refractivity contribution in [1.82, 2.24) is 42.5 Å². The van der Waals surface area contributed by atoms with E-state index in [1.165, 1.54) is 12.2 Å². The standard InChI is InChI=1S/C65H106FN9O17S/c1-34(2)26-47(68-53(83)19-25-93-33-52(82)65(92)38(9)30-42-41-13-12-39-31-40(80)14-20-62(39,10)64(41,66)51(81)32-63(42,65)11)58(88)70-44(16-22-77)55(85)74-49(28-36(5)6)60(90)72-46(18-24-79)57(87)75-50(29-37(7)8)61(91)71-45(17-23-78)56(86)73-48(27-35(3)4)59(89)69-43(15-21-76)54(67)84/h14,20,31,34-38,41-51,76-79,81,92H,12-13,15-19,21-30,32-33H2,1-11H3,(H2,67,84)(H,68,83)(H,69,89)(H,70,88)(H,71,91)(H,72,90)(H,73,86)(H,74,85)(H,75,87)/t38-,41+,42+,43+,44+,45+,46+,47+,48+,49+,50+,51+,62+,63+,64+,65+/m1/s1. The first kappa shape index (κ1) is 79.5. The Kier molecular flexibility index (Phi) is 30.1. The number of hydrogen-bond donors (Lipinski definition) is 15. The van der Waals surface area contributed by atoms with Crippen LogP contribution in [0.3, 0.4) is 0 Å². The molecule has 4 rings (SSSR count). The first-order valence-corrected chi connectivity index (χ1v) is 33.9. The van der Waals surface area contributed by atoms with E-state index >= 15 is 4.39 Å². The summed E-state index contributed by atoms with van der Waals surface area (Å²) < 4.78 is 17.7. The van der Waals surface area contributed by atoms with Crippen LogP contribution in [0.25, 0.3) is 0 Å². The maximum absolute atomic E-state index is 17.7. The van der Waals surface area contributed by atoms with Crippen LogP contribution in [-0.4, -0.2) is 199 Å². The van der Waals surface area contributed by atoms with Crippen molar-refractivity contribution in [3.63, 3.8) is 0 Å². The van der Waals surface area contributed by atoms with Crippen LogP contribution in [0.4, 0.5) is 4.39 Å². The van der Waals surface area contributed by atoms with Gasteiger partial charge >= 0.3 is 0 Å². The van der Waals surface area contributed by atoms with Gasteiger partial charge < -0.3 is 78.9 Å². The van der Waals surface area contributed by atoms with E-state index in [1.54, 1.807) is 82.2 Å². The Bertz CT molecular complexity index is 2740. The van der Waals surface area contributed by atoms with E-state index in [1.807, 2.05) is 0 Å². The second-order valence-corrected chi connectivity index (χ2v) is 29.0. The molecule has 0 spiro atoms. The Balaban J connectivity index is 1.40. The molecule has 0 heterocycles. The molecule has 4 aliphatic rings. The number of rotatable bonds is 38. The molecule has 4 aliphatic carbocycles. The smallest absolute Gasteiger partial charge is 0.243 e. The van der Waals surface area contributed by atoms with Crippen molar-refractivity contribution in [1.29, 1.82) is 0 Å². The third-order valence-electron chi connectivity index (χ3n) is 19.0. The monoisotopic (exact) mass is 1340 g/mol. The fraction of sp³-hybridized carbons (Fsp3) is 0.769. The second-order valence-electron chi connectivity index (χ2n) is 27.9. The van der Waals surface area contributed by atoms with Crippen LogP contribution in [0.5, 0.6) is 0 Å². The summed E-state index contributed by atoms with van der Waals surface area (Å²) >= 11 is 1.10. The van der Waals surface area contributed by atoms with E-state index < -0.39 is 180 Å². The topological polar surface area (TPSA) is 431 Å². The molecule has 28 heteroatoms.